The Bertz CT molecular complexity index is 518. The molecule has 0 N–H and O–H groups in total. The molecule has 0 aliphatic heterocycles. The van der Waals surface area contributed by atoms with Crippen LogP contribution in [-0.4, -0.2) is 23.0 Å². The summed E-state index contributed by atoms with van der Waals surface area (Å²) in [5.74, 6) is 0. The van der Waals surface area contributed by atoms with Crippen LogP contribution in [0.25, 0.3) is 0 Å². The first-order valence-electron chi connectivity index (χ1n) is 8.11. The fourth-order valence-corrected chi connectivity index (χ4v) is 6.71. The number of hydrogen-bond donors (Lipinski definition) is 0. The minimum absolute atomic E-state index is 0. The summed E-state index contributed by atoms with van der Waals surface area (Å²) in [5.41, 5.74) is 2.90. The van der Waals surface area contributed by atoms with Gasteiger partial charge in [0, 0.05) is 6.61 Å². The van der Waals surface area contributed by atoms with Gasteiger partial charge in [-0.05, 0) is 26.1 Å². The van der Waals surface area contributed by atoms with Crippen LogP contribution in [-0.2, 0) is 30.6 Å². The van der Waals surface area contributed by atoms with Crippen molar-refractivity contribution in [1.82, 2.24) is 0 Å². The van der Waals surface area contributed by atoms with E-state index in [1.807, 2.05) is 0 Å². The van der Waals surface area contributed by atoms with Gasteiger partial charge in [-0.25, -0.2) is 0 Å². The summed E-state index contributed by atoms with van der Waals surface area (Å²) in [6.45, 7) is 12.8. The second kappa shape index (κ2) is 11.5. The second-order valence-electron chi connectivity index (χ2n) is 7.64. The fourth-order valence-electron chi connectivity index (χ4n) is 3.03. The van der Waals surface area contributed by atoms with Crippen molar-refractivity contribution in [3.8, 4) is 0 Å². The van der Waals surface area contributed by atoms with Crippen molar-refractivity contribution in [3.05, 3.63) is 46.7 Å². The topological polar surface area (TPSA) is 9.23 Å². The Balaban J connectivity index is 0. The molecule has 1 radical (unpaired) electrons. The minimum atomic E-state index is -1.36. The van der Waals surface area contributed by atoms with Crippen molar-refractivity contribution in [2.45, 2.75) is 58.0 Å². The molecule has 0 fully saturated rings. The molecule has 2 rings (SSSR count). The van der Waals surface area contributed by atoms with Gasteiger partial charge in [-0.2, -0.15) is 17.7 Å². The molecular formula is C18H29Cl2OSi2Zr. The summed E-state index contributed by atoms with van der Waals surface area (Å²) in [7, 11) is -2.72. The first kappa shape index (κ1) is 27.0. The van der Waals surface area contributed by atoms with E-state index < -0.39 is 16.4 Å². The standard InChI is InChI=1S/C18H29OSi2.2ClH.Zr/c1-20(2,3)19-14-9-15-21(4,5)18-13-8-12-17(18)16-10-6-7-11-16;;;/h6,8,10,13H,7,9,12,14-15H2,1-5H3;2*1H;/q-1;;;+3/p-2. The zero-order valence-corrected chi connectivity index (χ0v) is 21.5. The molecule has 2 aliphatic rings. The van der Waals surface area contributed by atoms with Crippen molar-refractivity contribution in [2.75, 3.05) is 6.61 Å². The predicted molar refractivity (Wildman–Crippen MR) is 97.5 cm³/mol. The minimum Gasteiger partial charge on any atom is -1.00 e. The van der Waals surface area contributed by atoms with E-state index in [1.165, 1.54) is 18.0 Å². The van der Waals surface area contributed by atoms with Crippen LogP contribution in [0, 0.1) is 6.08 Å². The third-order valence-corrected chi connectivity index (χ3v) is 8.76. The van der Waals surface area contributed by atoms with E-state index in [-0.39, 0.29) is 51.0 Å². The van der Waals surface area contributed by atoms with Crippen LogP contribution in [0.15, 0.2) is 40.6 Å². The Morgan fingerprint density at radius 1 is 1.04 bits per heavy atom. The molecule has 24 heavy (non-hydrogen) atoms. The molecule has 0 heterocycles. The molecule has 0 saturated carbocycles. The zero-order valence-electron chi connectivity index (χ0n) is 15.5. The zero-order chi connectivity index (χ0) is 15.5. The number of allylic oxidation sites excluding steroid dienone is 8. The van der Waals surface area contributed by atoms with Gasteiger partial charge in [0.05, 0.1) is 8.07 Å². The van der Waals surface area contributed by atoms with Crippen LogP contribution in [0.5, 0.6) is 0 Å². The van der Waals surface area contributed by atoms with Gasteiger partial charge in [0.2, 0.25) is 0 Å². The molecule has 0 saturated heterocycles. The van der Waals surface area contributed by atoms with E-state index in [4.69, 9.17) is 4.43 Å². The van der Waals surface area contributed by atoms with Crippen LogP contribution in [0.4, 0.5) is 0 Å². The molecule has 2 aliphatic carbocycles. The van der Waals surface area contributed by atoms with E-state index in [9.17, 15) is 0 Å². The van der Waals surface area contributed by atoms with Gasteiger partial charge in [0.1, 0.15) is 0 Å². The van der Waals surface area contributed by atoms with E-state index in [2.05, 4.69) is 63.1 Å². The van der Waals surface area contributed by atoms with Crippen molar-refractivity contribution >= 4 is 16.4 Å². The van der Waals surface area contributed by atoms with E-state index in [0.29, 0.717) is 0 Å². The smallest absolute Gasteiger partial charge is 1.00 e. The van der Waals surface area contributed by atoms with Crippen LogP contribution in [0.3, 0.4) is 0 Å². The SMILES string of the molecule is C[Si](C)(C)OCCC[Si](C)(C)C1=C(C2=[C-]CC=C2)CC=C1.[Cl-].[Cl-].[Zr+3]. The van der Waals surface area contributed by atoms with Gasteiger partial charge in [0.25, 0.3) is 0 Å². The summed E-state index contributed by atoms with van der Waals surface area (Å²) < 4.78 is 6.01. The maximum Gasteiger partial charge on any atom is 3.00 e. The molecule has 0 aromatic heterocycles. The summed E-state index contributed by atoms with van der Waals surface area (Å²) in [4.78, 5) is 0. The molecule has 1 nitrogen and oxygen atoms in total. The number of rotatable bonds is 7. The van der Waals surface area contributed by atoms with E-state index in [1.54, 1.807) is 10.8 Å². The predicted octanol–water partition coefficient (Wildman–Crippen LogP) is -0.573. The molecule has 133 valence electrons. The fraction of sp³-hybridized carbons (Fsp3) is 0.556. The number of hydrogen-bond acceptors (Lipinski definition) is 1. The molecule has 0 atom stereocenters. The molecular weight excluding hydrogens is 450 g/mol. The average molecular weight is 480 g/mol. The largest absolute Gasteiger partial charge is 3.00 e. The van der Waals surface area contributed by atoms with Crippen LogP contribution in [0.2, 0.25) is 38.8 Å². The molecule has 0 unspecified atom stereocenters. The molecule has 0 amide bonds. The maximum absolute atomic E-state index is 6.01. The summed E-state index contributed by atoms with van der Waals surface area (Å²) in [6, 6.07) is 1.32. The van der Waals surface area contributed by atoms with Crippen LogP contribution in [0.1, 0.15) is 19.3 Å². The third kappa shape index (κ3) is 8.01. The second-order valence-corrected chi connectivity index (χ2v) is 17.0. The summed E-state index contributed by atoms with van der Waals surface area (Å²) in [5, 5.41) is 1.64. The van der Waals surface area contributed by atoms with Gasteiger partial charge < -0.3 is 29.2 Å². The van der Waals surface area contributed by atoms with E-state index >= 15 is 0 Å². The van der Waals surface area contributed by atoms with Crippen LogP contribution >= 0.6 is 0 Å². The molecule has 0 spiro atoms. The van der Waals surface area contributed by atoms with Crippen molar-refractivity contribution in [3.63, 3.8) is 0 Å². The first-order valence-corrected chi connectivity index (χ1v) is 14.7. The quantitative estimate of drug-likeness (QED) is 0.270. The van der Waals surface area contributed by atoms with Gasteiger partial charge >= 0.3 is 26.2 Å². The van der Waals surface area contributed by atoms with Crippen molar-refractivity contribution in [1.29, 1.82) is 0 Å². The number of halogens is 2. The summed E-state index contributed by atoms with van der Waals surface area (Å²) >= 11 is 0. The summed E-state index contributed by atoms with van der Waals surface area (Å²) in [6.07, 6.45) is 16.0. The Kier molecular flexibility index (Phi) is 13.0. The van der Waals surface area contributed by atoms with Gasteiger partial charge in [0.15, 0.2) is 8.32 Å². The van der Waals surface area contributed by atoms with Gasteiger partial charge in [-0.3, -0.25) is 0 Å². The van der Waals surface area contributed by atoms with Crippen molar-refractivity contribution < 1.29 is 55.4 Å². The Morgan fingerprint density at radius 2 is 1.71 bits per heavy atom. The van der Waals surface area contributed by atoms with E-state index in [0.717, 1.165) is 19.4 Å². The van der Waals surface area contributed by atoms with Crippen molar-refractivity contribution in [2.24, 2.45) is 0 Å². The Morgan fingerprint density at radius 3 is 2.25 bits per heavy atom. The maximum atomic E-state index is 6.01. The average Bonchev–Trinajstić information content (AvgIpc) is 3.02. The van der Waals surface area contributed by atoms with Crippen LogP contribution < -0.4 is 24.8 Å². The Labute approximate surface area is 182 Å². The Hall–Kier alpha value is 0.817. The molecule has 6 heteroatoms. The van der Waals surface area contributed by atoms with Gasteiger partial charge in [-0.15, -0.1) is 16.8 Å². The van der Waals surface area contributed by atoms with Gasteiger partial charge in [-0.1, -0.05) is 44.1 Å². The molecule has 0 bridgehead atoms. The monoisotopic (exact) mass is 477 g/mol. The molecule has 0 aromatic carbocycles. The normalized spacial score (nSPS) is 16.5. The molecule has 0 aromatic rings. The third-order valence-electron chi connectivity index (χ3n) is 4.16. The first-order chi connectivity index (χ1) is 9.80.